The van der Waals surface area contributed by atoms with Gasteiger partial charge in [0, 0.05) is 38.1 Å². The summed E-state index contributed by atoms with van der Waals surface area (Å²) in [5, 5.41) is 0.988. The molecule has 1 amide bonds. The van der Waals surface area contributed by atoms with Gasteiger partial charge in [-0.2, -0.15) is 0 Å². The first-order valence-electron chi connectivity index (χ1n) is 5.83. The summed E-state index contributed by atoms with van der Waals surface area (Å²) in [6.45, 7) is 6.41. The third-order valence-electron chi connectivity index (χ3n) is 3.04. The first kappa shape index (κ1) is 12.6. The highest BCUT2D eigenvalue weighted by Gasteiger charge is 2.22. The minimum Gasteiger partial charge on any atom is -0.469 e. The maximum absolute atomic E-state index is 12.1. The first-order valence-corrected chi connectivity index (χ1v) is 6.95. The standard InChI is InChI=1S/C12H17BrN2O2/c1-10-8-11(9-17-10)12(16)15-6-4-14(3-2-13)5-7-15/h8-9H,2-7H2,1H3. The van der Waals surface area contributed by atoms with Gasteiger partial charge in [0.15, 0.2) is 0 Å². The fraction of sp³-hybridized carbons (Fsp3) is 0.583. The lowest BCUT2D eigenvalue weighted by Crippen LogP contribution is -2.49. The maximum Gasteiger partial charge on any atom is 0.257 e. The number of nitrogens with zero attached hydrogens (tertiary/aromatic N) is 2. The molecule has 5 heteroatoms. The van der Waals surface area contributed by atoms with Crippen molar-refractivity contribution in [1.82, 2.24) is 9.80 Å². The normalized spacial score (nSPS) is 17.4. The number of piperazine rings is 1. The van der Waals surface area contributed by atoms with Gasteiger partial charge in [-0.15, -0.1) is 0 Å². The minimum atomic E-state index is 0.0837. The Morgan fingerprint density at radius 1 is 1.41 bits per heavy atom. The lowest BCUT2D eigenvalue weighted by Gasteiger charge is -2.34. The largest absolute Gasteiger partial charge is 0.469 e. The molecule has 1 saturated heterocycles. The molecule has 0 aromatic carbocycles. The van der Waals surface area contributed by atoms with Crippen LogP contribution in [0.2, 0.25) is 0 Å². The Hall–Kier alpha value is -0.810. The number of hydrogen-bond acceptors (Lipinski definition) is 3. The molecule has 2 heterocycles. The molecule has 1 aromatic heterocycles. The van der Waals surface area contributed by atoms with Crippen LogP contribution in [0.1, 0.15) is 16.1 Å². The summed E-state index contributed by atoms with van der Waals surface area (Å²) in [6.07, 6.45) is 1.54. The van der Waals surface area contributed by atoms with E-state index in [4.69, 9.17) is 4.42 Å². The number of aryl methyl sites for hydroxylation is 1. The van der Waals surface area contributed by atoms with Gasteiger partial charge in [0.05, 0.1) is 5.56 Å². The van der Waals surface area contributed by atoms with E-state index in [2.05, 4.69) is 20.8 Å². The number of carbonyl (C=O) groups is 1. The zero-order valence-corrected chi connectivity index (χ0v) is 11.6. The van der Waals surface area contributed by atoms with Crippen molar-refractivity contribution in [1.29, 1.82) is 0 Å². The summed E-state index contributed by atoms with van der Waals surface area (Å²) in [7, 11) is 0. The number of alkyl halides is 1. The molecule has 4 nitrogen and oxygen atoms in total. The molecule has 0 saturated carbocycles. The molecule has 2 rings (SSSR count). The van der Waals surface area contributed by atoms with Crippen LogP contribution in [0.25, 0.3) is 0 Å². The van der Waals surface area contributed by atoms with Gasteiger partial charge < -0.3 is 9.32 Å². The van der Waals surface area contributed by atoms with Gasteiger partial charge >= 0.3 is 0 Å². The summed E-state index contributed by atoms with van der Waals surface area (Å²) in [5.41, 5.74) is 0.663. The van der Waals surface area contributed by atoms with E-state index < -0.39 is 0 Å². The van der Waals surface area contributed by atoms with Crippen LogP contribution in [-0.2, 0) is 0 Å². The van der Waals surface area contributed by atoms with Gasteiger partial charge in [0.2, 0.25) is 0 Å². The average molecular weight is 301 g/mol. The van der Waals surface area contributed by atoms with Crippen LogP contribution in [0.15, 0.2) is 16.7 Å². The van der Waals surface area contributed by atoms with Crippen molar-refractivity contribution in [3.63, 3.8) is 0 Å². The van der Waals surface area contributed by atoms with E-state index in [-0.39, 0.29) is 5.91 Å². The Balaban J connectivity index is 1.90. The average Bonchev–Trinajstić information content (AvgIpc) is 2.76. The van der Waals surface area contributed by atoms with Crippen molar-refractivity contribution >= 4 is 21.8 Å². The summed E-state index contributed by atoms with van der Waals surface area (Å²) in [4.78, 5) is 16.4. The molecule has 0 N–H and O–H groups in total. The van der Waals surface area contributed by atoms with Crippen LogP contribution in [0.5, 0.6) is 0 Å². The van der Waals surface area contributed by atoms with Gasteiger partial charge in [-0.3, -0.25) is 9.69 Å². The van der Waals surface area contributed by atoms with E-state index in [0.717, 1.165) is 43.8 Å². The second kappa shape index (κ2) is 5.69. The Morgan fingerprint density at radius 2 is 2.12 bits per heavy atom. The highest BCUT2D eigenvalue weighted by Crippen LogP contribution is 2.12. The Labute approximate surface area is 110 Å². The molecular formula is C12H17BrN2O2. The zero-order chi connectivity index (χ0) is 12.3. The Morgan fingerprint density at radius 3 is 2.65 bits per heavy atom. The monoisotopic (exact) mass is 300 g/mol. The van der Waals surface area contributed by atoms with Crippen LogP contribution >= 0.6 is 15.9 Å². The number of carbonyl (C=O) groups excluding carboxylic acids is 1. The predicted molar refractivity (Wildman–Crippen MR) is 69.6 cm³/mol. The Bertz CT molecular complexity index is 384. The van der Waals surface area contributed by atoms with Crippen molar-refractivity contribution in [2.75, 3.05) is 38.1 Å². The van der Waals surface area contributed by atoms with Gasteiger partial charge in [0.1, 0.15) is 12.0 Å². The van der Waals surface area contributed by atoms with Gasteiger partial charge in [-0.05, 0) is 13.0 Å². The maximum atomic E-state index is 12.1. The molecular weight excluding hydrogens is 284 g/mol. The zero-order valence-electron chi connectivity index (χ0n) is 9.99. The fourth-order valence-corrected chi connectivity index (χ4v) is 2.53. The van der Waals surface area contributed by atoms with E-state index in [0.29, 0.717) is 5.56 Å². The topological polar surface area (TPSA) is 36.7 Å². The summed E-state index contributed by atoms with van der Waals surface area (Å²) in [5.74, 6) is 0.867. The van der Waals surface area contributed by atoms with E-state index >= 15 is 0 Å². The van der Waals surface area contributed by atoms with E-state index in [9.17, 15) is 4.79 Å². The van der Waals surface area contributed by atoms with Gasteiger partial charge in [0.25, 0.3) is 5.91 Å². The SMILES string of the molecule is Cc1cc(C(=O)N2CCN(CCBr)CC2)co1. The van der Waals surface area contributed by atoms with Crippen LogP contribution < -0.4 is 0 Å². The van der Waals surface area contributed by atoms with Crippen LogP contribution in [-0.4, -0.2) is 53.8 Å². The van der Waals surface area contributed by atoms with Crippen molar-refractivity contribution in [2.45, 2.75) is 6.92 Å². The highest BCUT2D eigenvalue weighted by molar-refractivity contribution is 9.09. The van der Waals surface area contributed by atoms with Crippen LogP contribution in [0.3, 0.4) is 0 Å². The minimum absolute atomic E-state index is 0.0837. The van der Waals surface area contributed by atoms with Gasteiger partial charge in [-0.1, -0.05) is 15.9 Å². The molecule has 0 spiro atoms. The van der Waals surface area contributed by atoms with Crippen molar-refractivity contribution < 1.29 is 9.21 Å². The fourth-order valence-electron chi connectivity index (χ4n) is 2.03. The summed E-state index contributed by atoms with van der Waals surface area (Å²) >= 11 is 3.43. The number of furan rings is 1. The Kier molecular flexibility index (Phi) is 4.23. The predicted octanol–water partition coefficient (Wildman–Crippen LogP) is 1.74. The third kappa shape index (κ3) is 3.10. The molecule has 0 radical (unpaired) electrons. The first-order chi connectivity index (χ1) is 8.20. The second-order valence-electron chi connectivity index (χ2n) is 4.27. The molecule has 1 aliphatic heterocycles. The second-order valence-corrected chi connectivity index (χ2v) is 5.06. The highest BCUT2D eigenvalue weighted by atomic mass is 79.9. The van der Waals surface area contributed by atoms with Crippen molar-refractivity contribution in [2.24, 2.45) is 0 Å². The van der Waals surface area contributed by atoms with Crippen LogP contribution in [0, 0.1) is 6.92 Å². The summed E-state index contributed by atoms with van der Waals surface area (Å²) in [6, 6.07) is 1.80. The molecule has 0 bridgehead atoms. The number of halogens is 1. The van der Waals surface area contributed by atoms with Crippen LogP contribution in [0.4, 0.5) is 0 Å². The number of hydrogen-bond donors (Lipinski definition) is 0. The number of amides is 1. The van der Waals surface area contributed by atoms with E-state index in [1.807, 2.05) is 11.8 Å². The molecule has 94 valence electrons. The third-order valence-corrected chi connectivity index (χ3v) is 3.39. The number of rotatable bonds is 3. The molecule has 0 unspecified atom stereocenters. The molecule has 17 heavy (non-hydrogen) atoms. The van der Waals surface area contributed by atoms with Crippen molar-refractivity contribution in [3.05, 3.63) is 23.7 Å². The molecule has 1 aliphatic rings. The van der Waals surface area contributed by atoms with E-state index in [1.54, 1.807) is 12.3 Å². The summed E-state index contributed by atoms with van der Waals surface area (Å²) < 4.78 is 5.17. The quantitative estimate of drug-likeness (QED) is 0.798. The lowest BCUT2D eigenvalue weighted by atomic mass is 10.2. The lowest BCUT2D eigenvalue weighted by molar-refractivity contribution is 0.0644. The molecule has 0 aliphatic carbocycles. The van der Waals surface area contributed by atoms with E-state index in [1.165, 1.54) is 0 Å². The molecule has 0 atom stereocenters. The van der Waals surface area contributed by atoms with Gasteiger partial charge in [-0.25, -0.2) is 0 Å². The smallest absolute Gasteiger partial charge is 0.257 e. The van der Waals surface area contributed by atoms with Crippen molar-refractivity contribution in [3.8, 4) is 0 Å². The molecule has 1 fully saturated rings. The molecule has 1 aromatic rings.